The van der Waals surface area contributed by atoms with Gasteiger partial charge < -0.3 is 11.1 Å². The Bertz CT molecular complexity index is 861. The van der Waals surface area contributed by atoms with Crippen molar-refractivity contribution in [3.05, 3.63) is 59.0 Å². The third kappa shape index (κ3) is 2.92. The molecule has 0 saturated carbocycles. The molecule has 5 heteroatoms. The van der Waals surface area contributed by atoms with Crippen LogP contribution in [0.5, 0.6) is 0 Å². The summed E-state index contributed by atoms with van der Waals surface area (Å²) in [6.07, 6.45) is 0. The summed E-state index contributed by atoms with van der Waals surface area (Å²) in [5.74, 6) is 0. The van der Waals surface area contributed by atoms with Gasteiger partial charge in [-0.2, -0.15) is 5.26 Å². The molecule has 3 rings (SSSR count). The average Bonchev–Trinajstić information content (AvgIpc) is 2.96. The highest BCUT2D eigenvalue weighted by molar-refractivity contribution is 7.13. The molecule has 0 saturated heterocycles. The van der Waals surface area contributed by atoms with Crippen LogP contribution in [-0.4, -0.2) is 4.98 Å². The maximum atomic E-state index is 9.11. The molecular weight excluding hydrogens is 292 g/mol. The minimum Gasteiger partial charge on any atom is -0.375 e. The molecule has 0 aliphatic rings. The first-order chi connectivity index (χ1) is 10.7. The fourth-order valence-corrected chi connectivity index (χ4v) is 2.74. The summed E-state index contributed by atoms with van der Waals surface area (Å²) in [6.45, 7) is 1.93. The van der Waals surface area contributed by atoms with Crippen LogP contribution in [0.25, 0.3) is 11.3 Å². The molecule has 0 spiro atoms. The predicted octanol–water partition coefficient (Wildman–Crippen LogP) is 4.32. The van der Waals surface area contributed by atoms with Crippen molar-refractivity contribution < 1.29 is 0 Å². The summed E-state index contributed by atoms with van der Waals surface area (Å²) in [4.78, 5) is 4.29. The number of nitriles is 1. The Hall–Kier alpha value is -2.84. The zero-order valence-electron chi connectivity index (χ0n) is 12.0. The lowest BCUT2D eigenvalue weighted by atomic mass is 10.1. The van der Waals surface area contributed by atoms with Gasteiger partial charge >= 0.3 is 0 Å². The minimum absolute atomic E-state index is 0.561. The Morgan fingerprint density at radius 3 is 2.73 bits per heavy atom. The third-order valence-electron chi connectivity index (χ3n) is 3.33. The van der Waals surface area contributed by atoms with E-state index in [-0.39, 0.29) is 0 Å². The van der Waals surface area contributed by atoms with Crippen molar-refractivity contribution >= 4 is 27.8 Å². The molecule has 1 aromatic heterocycles. The maximum absolute atomic E-state index is 9.11. The number of nitrogens with zero attached hydrogens (tertiary/aromatic N) is 2. The van der Waals surface area contributed by atoms with Crippen LogP contribution >= 0.6 is 11.3 Å². The van der Waals surface area contributed by atoms with Crippen molar-refractivity contribution in [2.45, 2.75) is 6.92 Å². The van der Waals surface area contributed by atoms with Crippen LogP contribution in [0.15, 0.2) is 47.8 Å². The number of benzene rings is 2. The largest absolute Gasteiger partial charge is 0.375 e. The summed E-state index contributed by atoms with van der Waals surface area (Å²) >= 11 is 1.43. The zero-order valence-corrected chi connectivity index (χ0v) is 12.8. The van der Waals surface area contributed by atoms with Gasteiger partial charge in [0.2, 0.25) is 0 Å². The number of hydrogen-bond donors (Lipinski definition) is 2. The number of rotatable bonds is 3. The van der Waals surface area contributed by atoms with Crippen LogP contribution in [0.4, 0.5) is 16.5 Å². The van der Waals surface area contributed by atoms with E-state index < -0.39 is 0 Å². The molecule has 0 radical (unpaired) electrons. The van der Waals surface area contributed by atoms with Crippen LogP contribution in [0.3, 0.4) is 0 Å². The quantitative estimate of drug-likeness (QED) is 0.756. The van der Waals surface area contributed by atoms with E-state index in [1.54, 1.807) is 0 Å². The second kappa shape index (κ2) is 5.88. The molecule has 0 fully saturated rings. The highest BCUT2D eigenvalue weighted by Gasteiger charge is 2.05. The van der Waals surface area contributed by atoms with Crippen LogP contribution in [0.1, 0.15) is 11.1 Å². The second-order valence-corrected chi connectivity index (χ2v) is 5.81. The number of aryl methyl sites for hydroxylation is 1. The number of nitrogens with one attached hydrogen (secondary N) is 1. The summed E-state index contributed by atoms with van der Waals surface area (Å²) in [5, 5.41) is 14.9. The highest BCUT2D eigenvalue weighted by Crippen LogP contribution is 2.27. The second-order valence-electron chi connectivity index (χ2n) is 4.92. The van der Waals surface area contributed by atoms with Gasteiger partial charge in [0.1, 0.15) is 0 Å². The molecular formula is C17H14N4S. The molecule has 4 nitrogen and oxygen atoms in total. The molecule has 0 aliphatic heterocycles. The van der Waals surface area contributed by atoms with Crippen molar-refractivity contribution in [1.82, 2.24) is 4.98 Å². The monoisotopic (exact) mass is 306 g/mol. The van der Waals surface area contributed by atoms with E-state index in [0.717, 1.165) is 28.2 Å². The molecule has 3 N–H and O–H groups in total. The molecule has 2 aromatic carbocycles. The van der Waals surface area contributed by atoms with Gasteiger partial charge in [-0.25, -0.2) is 4.98 Å². The van der Waals surface area contributed by atoms with E-state index >= 15 is 0 Å². The molecule has 22 heavy (non-hydrogen) atoms. The first kappa shape index (κ1) is 14.1. The Balaban J connectivity index is 1.89. The highest BCUT2D eigenvalue weighted by atomic mass is 32.1. The van der Waals surface area contributed by atoms with Gasteiger partial charge in [0.25, 0.3) is 0 Å². The van der Waals surface area contributed by atoms with E-state index in [0.29, 0.717) is 10.7 Å². The van der Waals surface area contributed by atoms with Crippen LogP contribution in [0, 0.1) is 18.3 Å². The fraction of sp³-hybridized carbons (Fsp3) is 0.0588. The summed E-state index contributed by atoms with van der Waals surface area (Å²) < 4.78 is 0. The fourth-order valence-electron chi connectivity index (χ4n) is 2.16. The van der Waals surface area contributed by atoms with E-state index in [9.17, 15) is 0 Å². The first-order valence-electron chi connectivity index (χ1n) is 6.75. The lowest BCUT2D eigenvalue weighted by Gasteiger charge is -2.09. The third-order valence-corrected chi connectivity index (χ3v) is 4.00. The van der Waals surface area contributed by atoms with Gasteiger partial charge in [-0.05, 0) is 36.8 Å². The van der Waals surface area contributed by atoms with Gasteiger partial charge in [0.15, 0.2) is 5.13 Å². The number of anilines is 3. The number of aromatic nitrogens is 1. The van der Waals surface area contributed by atoms with Gasteiger partial charge in [0.05, 0.1) is 17.3 Å². The van der Waals surface area contributed by atoms with E-state index in [4.69, 9.17) is 11.0 Å². The van der Waals surface area contributed by atoms with Crippen LogP contribution < -0.4 is 11.1 Å². The Labute approximate surface area is 132 Å². The van der Waals surface area contributed by atoms with Crippen molar-refractivity contribution in [2.24, 2.45) is 0 Å². The lowest BCUT2D eigenvalue weighted by Crippen LogP contribution is -1.93. The first-order valence-corrected chi connectivity index (χ1v) is 7.63. The van der Waals surface area contributed by atoms with E-state index in [1.165, 1.54) is 11.3 Å². The Morgan fingerprint density at radius 1 is 1.18 bits per heavy atom. The summed E-state index contributed by atoms with van der Waals surface area (Å²) in [7, 11) is 0. The van der Waals surface area contributed by atoms with Crippen LogP contribution in [-0.2, 0) is 0 Å². The zero-order chi connectivity index (χ0) is 15.5. The maximum Gasteiger partial charge on any atom is 0.180 e. The SMILES string of the molecule is Cc1ccc(Nc2cccc(-c3csc(N)n3)c2)cc1C#N. The molecule has 1 heterocycles. The van der Waals surface area contributed by atoms with E-state index in [1.807, 2.05) is 54.8 Å². The molecule has 0 amide bonds. The number of nitrogen functional groups attached to an aromatic ring is 1. The van der Waals surface area contributed by atoms with Crippen molar-refractivity contribution in [1.29, 1.82) is 5.26 Å². The summed E-state index contributed by atoms with van der Waals surface area (Å²) in [5.41, 5.74) is 11.0. The van der Waals surface area contributed by atoms with Crippen molar-refractivity contribution in [3.63, 3.8) is 0 Å². The van der Waals surface area contributed by atoms with Crippen molar-refractivity contribution in [3.8, 4) is 17.3 Å². The molecule has 0 bridgehead atoms. The smallest absolute Gasteiger partial charge is 0.180 e. The molecule has 0 aliphatic carbocycles. The lowest BCUT2D eigenvalue weighted by molar-refractivity contribution is 1.38. The summed E-state index contributed by atoms with van der Waals surface area (Å²) in [6, 6.07) is 15.9. The topological polar surface area (TPSA) is 74.7 Å². The normalized spacial score (nSPS) is 10.2. The average molecular weight is 306 g/mol. The van der Waals surface area contributed by atoms with Crippen LogP contribution in [0.2, 0.25) is 0 Å². The van der Waals surface area contributed by atoms with Crippen molar-refractivity contribution in [2.75, 3.05) is 11.1 Å². The van der Waals surface area contributed by atoms with E-state index in [2.05, 4.69) is 16.4 Å². The Kier molecular flexibility index (Phi) is 3.77. The standard InChI is InChI=1S/C17H14N4S/c1-11-5-6-15(8-13(11)9-18)20-14-4-2-3-12(7-14)16-10-22-17(19)21-16/h2-8,10,20H,1H3,(H2,19,21). The predicted molar refractivity (Wildman–Crippen MR) is 91.1 cm³/mol. The number of thiazole rings is 1. The van der Waals surface area contributed by atoms with Gasteiger partial charge in [-0.3, -0.25) is 0 Å². The molecule has 3 aromatic rings. The number of hydrogen-bond acceptors (Lipinski definition) is 5. The van der Waals surface area contributed by atoms with Gasteiger partial charge in [-0.1, -0.05) is 18.2 Å². The molecule has 0 unspecified atom stereocenters. The molecule has 0 atom stereocenters. The number of nitrogens with two attached hydrogens (primary N) is 1. The molecule has 108 valence electrons. The van der Waals surface area contributed by atoms with Gasteiger partial charge in [-0.15, -0.1) is 11.3 Å². The Morgan fingerprint density at radius 2 is 2.00 bits per heavy atom. The minimum atomic E-state index is 0.561. The van der Waals surface area contributed by atoms with Gasteiger partial charge in [0, 0.05) is 22.3 Å².